The molecule has 7 nitrogen and oxygen atoms in total. The maximum absolute atomic E-state index is 12.5. The molecule has 0 radical (unpaired) electrons. The van der Waals surface area contributed by atoms with E-state index in [0.29, 0.717) is 19.5 Å². The number of piperazine rings is 1. The third-order valence-corrected chi connectivity index (χ3v) is 4.65. The summed E-state index contributed by atoms with van der Waals surface area (Å²) < 4.78 is 5.33. The average molecular weight is 390 g/mol. The van der Waals surface area contributed by atoms with Crippen molar-refractivity contribution in [2.24, 2.45) is 4.99 Å². The van der Waals surface area contributed by atoms with Crippen molar-refractivity contribution >= 4 is 17.6 Å². The van der Waals surface area contributed by atoms with Gasteiger partial charge in [0.05, 0.1) is 0 Å². The van der Waals surface area contributed by atoms with Gasteiger partial charge in [-0.25, -0.2) is 0 Å². The van der Waals surface area contributed by atoms with Crippen molar-refractivity contribution in [3.8, 4) is 0 Å². The zero-order valence-electron chi connectivity index (χ0n) is 17.3. The molecule has 1 fully saturated rings. The van der Waals surface area contributed by atoms with Gasteiger partial charge in [0.25, 0.3) is 0 Å². The Hall–Kier alpha value is -2.28. The third kappa shape index (κ3) is 7.76. The molecule has 0 aromatic heterocycles. The topological polar surface area (TPSA) is 69.2 Å². The lowest BCUT2D eigenvalue weighted by Crippen LogP contribution is -2.49. The third-order valence-electron chi connectivity index (χ3n) is 4.65. The highest BCUT2D eigenvalue weighted by molar-refractivity contribution is 5.81. The van der Waals surface area contributed by atoms with Gasteiger partial charge in [0.1, 0.15) is 0 Å². The number of amides is 1. The van der Waals surface area contributed by atoms with E-state index in [9.17, 15) is 4.79 Å². The minimum absolute atomic E-state index is 0.201. The molecule has 7 heteroatoms. The molecular formula is C21H35N5O2. The van der Waals surface area contributed by atoms with E-state index in [4.69, 9.17) is 4.74 Å². The number of hydrogen-bond donors (Lipinski definition) is 2. The van der Waals surface area contributed by atoms with Crippen LogP contribution >= 0.6 is 0 Å². The summed E-state index contributed by atoms with van der Waals surface area (Å²) in [6.45, 7) is 10.9. The van der Waals surface area contributed by atoms with Crippen LogP contribution in [0.3, 0.4) is 0 Å². The number of carbonyl (C=O) groups is 1. The summed E-state index contributed by atoms with van der Waals surface area (Å²) in [5.74, 6) is 0.966. The van der Waals surface area contributed by atoms with Crippen LogP contribution in [0.5, 0.6) is 0 Å². The molecular weight excluding hydrogens is 354 g/mol. The van der Waals surface area contributed by atoms with E-state index < -0.39 is 0 Å². The highest BCUT2D eigenvalue weighted by Gasteiger charge is 2.20. The van der Waals surface area contributed by atoms with Crippen LogP contribution < -0.4 is 15.5 Å². The largest absolute Gasteiger partial charge is 0.382 e. The molecule has 1 aliphatic heterocycles. The van der Waals surface area contributed by atoms with Crippen LogP contribution in [0.25, 0.3) is 0 Å². The number of rotatable bonds is 10. The van der Waals surface area contributed by atoms with Crippen molar-refractivity contribution in [1.82, 2.24) is 15.5 Å². The highest BCUT2D eigenvalue weighted by atomic mass is 16.5. The van der Waals surface area contributed by atoms with E-state index >= 15 is 0 Å². The normalized spacial score (nSPS) is 14.9. The van der Waals surface area contributed by atoms with Crippen molar-refractivity contribution < 1.29 is 9.53 Å². The summed E-state index contributed by atoms with van der Waals surface area (Å²) in [7, 11) is 0. The Labute approximate surface area is 169 Å². The quantitative estimate of drug-likeness (QED) is 0.362. The van der Waals surface area contributed by atoms with Gasteiger partial charge in [-0.3, -0.25) is 9.79 Å². The van der Waals surface area contributed by atoms with Gasteiger partial charge in [-0.2, -0.15) is 0 Å². The molecule has 0 aliphatic carbocycles. The van der Waals surface area contributed by atoms with Gasteiger partial charge in [-0.1, -0.05) is 18.2 Å². The second-order valence-corrected chi connectivity index (χ2v) is 6.69. The van der Waals surface area contributed by atoms with E-state index in [-0.39, 0.29) is 5.91 Å². The Balaban J connectivity index is 1.67. The number of nitrogens with zero attached hydrogens (tertiary/aromatic N) is 3. The molecule has 0 atom stereocenters. The van der Waals surface area contributed by atoms with E-state index in [1.54, 1.807) is 0 Å². The second-order valence-electron chi connectivity index (χ2n) is 6.69. The molecule has 0 bridgehead atoms. The van der Waals surface area contributed by atoms with Gasteiger partial charge in [0.15, 0.2) is 5.96 Å². The molecule has 1 aromatic rings. The predicted molar refractivity (Wildman–Crippen MR) is 115 cm³/mol. The number of nitrogens with one attached hydrogen (secondary N) is 2. The summed E-state index contributed by atoms with van der Waals surface area (Å²) in [5, 5.41) is 6.47. The molecule has 1 amide bonds. The van der Waals surface area contributed by atoms with Gasteiger partial charge in [0, 0.05) is 71.1 Å². The number of hydrogen-bond acceptors (Lipinski definition) is 4. The monoisotopic (exact) mass is 389 g/mol. The van der Waals surface area contributed by atoms with Crippen molar-refractivity contribution in [2.75, 3.05) is 63.9 Å². The summed E-state index contributed by atoms with van der Waals surface area (Å²) >= 11 is 0. The van der Waals surface area contributed by atoms with Gasteiger partial charge in [-0.15, -0.1) is 0 Å². The Bertz CT molecular complexity index is 586. The number of guanidine groups is 1. The lowest BCUT2D eigenvalue weighted by molar-refractivity contribution is -0.131. The zero-order chi connectivity index (χ0) is 20.0. The van der Waals surface area contributed by atoms with Crippen LogP contribution in [0, 0.1) is 0 Å². The first-order chi connectivity index (χ1) is 13.7. The number of anilines is 1. The van der Waals surface area contributed by atoms with Gasteiger partial charge in [-0.05, 0) is 32.4 Å². The Kier molecular flexibility index (Phi) is 10.2. The standard InChI is InChI=1S/C21H35N5O2/c1-3-22-21(23-12-8-18-28-4-2)24-13-11-20(27)26-16-14-25(15-17-26)19-9-6-5-7-10-19/h5-7,9-10H,3-4,8,11-18H2,1-2H3,(H2,22,23,24). The Morgan fingerprint density at radius 2 is 1.86 bits per heavy atom. The number of carbonyl (C=O) groups excluding carboxylic acids is 1. The Morgan fingerprint density at radius 3 is 2.54 bits per heavy atom. The van der Waals surface area contributed by atoms with Crippen LogP contribution in [0.1, 0.15) is 26.7 Å². The van der Waals surface area contributed by atoms with E-state index in [2.05, 4.69) is 44.8 Å². The molecule has 1 saturated heterocycles. The lowest BCUT2D eigenvalue weighted by Gasteiger charge is -2.36. The molecule has 2 N–H and O–H groups in total. The first-order valence-electron chi connectivity index (χ1n) is 10.4. The Morgan fingerprint density at radius 1 is 1.11 bits per heavy atom. The van der Waals surface area contributed by atoms with Crippen LogP contribution in [0.2, 0.25) is 0 Å². The molecule has 1 aromatic carbocycles. The first kappa shape index (κ1) is 22.0. The predicted octanol–water partition coefficient (Wildman–Crippen LogP) is 1.71. The van der Waals surface area contributed by atoms with E-state index in [0.717, 1.165) is 58.3 Å². The first-order valence-corrected chi connectivity index (χ1v) is 10.4. The fourth-order valence-corrected chi connectivity index (χ4v) is 3.14. The smallest absolute Gasteiger partial charge is 0.224 e. The minimum Gasteiger partial charge on any atom is -0.382 e. The molecule has 0 saturated carbocycles. The van der Waals surface area contributed by atoms with Gasteiger partial charge in [0.2, 0.25) is 5.91 Å². The molecule has 0 spiro atoms. The van der Waals surface area contributed by atoms with Crippen LogP contribution in [0.15, 0.2) is 35.3 Å². The number of aliphatic imine (C=N–C) groups is 1. The van der Waals surface area contributed by atoms with Crippen LogP contribution in [-0.4, -0.2) is 75.8 Å². The fourth-order valence-electron chi connectivity index (χ4n) is 3.14. The minimum atomic E-state index is 0.201. The maximum Gasteiger partial charge on any atom is 0.224 e. The van der Waals surface area contributed by atoms with Crippen LogP contribution in [-0.2, 0) is 9.53 Å². The molecule has 0 unspecified atom stereocenters. The van der Waals surface area contributed by atoms with E-state index in [1.165, 1.54) is 5.69 Å². The summed E-state index contributed by atoms with van der Waals surface area (Å²) in [5.41, 5.74) is 1.23. The SMILES string of the molecule is CCNC(=NCCCOCC)NCCC(=O)N1CCN(c2ccccc2)CC1. The maximum atomic E-state index is 12.5. The van der Waals surface area contributed by atoms with Crippen molar-refractivity contribution in [3.05, 3.63) is 30.3 Å². The number of benzene rings is 1. The average Bonchev–Trinajstić information content (AvgIpc) is 2.74. The highest BCUT2D eigenvalue weighted by Crippen LogP contribution is 2.15. The second kappa shape index (κ2) is 13.0. The molecule has 28 heavy (non-hydrogen) atoms. The van der Waals surface area contributed by atoms with Gasteiger partial charge < -0.3 is 25.2 Å². The lowest BCUT2D eigenvalue weighted by atomic mass is 10.2. The van der Waals surface area contributed by atoms with Crippen molar-refractivity contribution in [2.45, 2.75) is 26.7 Å². The van der Waals surface area contributed by atoms with E-state index in [1.807, 2.05) is 24.8 Å². The molecule has 1 aliphatic rings. The number of para-hydroxylation sites is 1. The van der Waals surface area contributed by atoms with Crippen molar-refractivity contribution in [1.29, 1.82) is 0 Å². The number of ether oxygens (including phenoxy) is 1. The molecule has 2 rings (SSSR count). The summed E-state index contributed by atoms with van der Waals surface area (Å²) in [6, 6.07) is 10.4. The zero-order valence-corrected chi connectivity index (χ0v) is 17.3. The van der Waals surface area contributed by atoms with Gasteiger partial charge >= 0.3 is 0 Å². The summed E-state index contributed by atoms with van der Waals surface area (Å²) in [6.07, 6.45) is 1.38. The van der Waals surface area contributed by atoms with Crippen LogP contribution in [0.4, 0.5) is 5.69 Å². The molecule has 1 heterocycles. The summed E-state index contributed by atoms with van der Waals surface area (Å²) in [4.78, 5) is 21.3. The van der Waals surface area contributed by atoms with Crippen molar-refractivity contribution in [3.63, 3.8) is 0 Å². The fraction of sp³-hybridized carbons (Fsp3) is 0.619. The molecule has 156 valence electrons.